The van der Waals surface area contributed by atoms with E-state index in [-0.39, 0.29) is 0 Å². The van der Waals surface area contributed by atoms with Gasteiger partial charge in [0.25, 0.3) is 0 Å². The van der Waals surface area contributed by atoms with E-state index in [0.717, 1.165) is 32.7 Å². The Kier molecular flexibility index (Phi) is 9.42. The first-order chi connectivity index (χ1) is 6.66. The maximum Gasteiger partial charge on any atom is 0.0568 e. The number of ether oxygens (including phenoxy) is 2. The van der Waals surface area contributed by atoms with E-state index in [9.17, 15) is 0 Å². The highest BCUT2D eigenvalue weighted by Gasteiger charge is 2.01. The minimum Gasteiger partial charge on any atom is -0.381 e. The minimum atomic E-state index is 0.341. The molecule has 0 aromatic carbocycles. The van der Waals surface area contributed by atoms with E-state index in [1.54, 1.807) is 0 Å². The third kappa shape index (κ3) is 10.0. The number of unbranched alkanes of at least 4 members (excludes halogenated alkanes) is 1. The molecule has 86 valence electrons. The van der Waals surface area contributed by atoms with Crippen molar-refractivity contribution in [3.63, 3.8) is 0 Å². The molecule has 0 amide bonds. The van der Waals surface area contributed by atoms with Crippen LogP contribution in [0.25, 0.3) is 0 Å². The molecule has 0 saturated carbocycles. The Morgan fingerprint density at radius 3 is 2.36 bits per heavy atom. The van der Waals surface area contributed by atoms with E-state index in [1.807, 2.05) is 0 Å². The SMILES string of the molecule is CCCCOC(C)CCOCC(C)C. The van der Waals surface area contributed by atoms with Crippen LogP contribution >= 0.6 is 0 Å². The fourth-order valence-corrected chi connectivity index (χ4v) is 1.08. The second-order valence-electron chi connectivity index (χ2n) is 4.29. The van der Waals surface area contributed by atoms with Crippen molar-refractivity contribution in [1.82, 2.24) is 0 Å². The van der Waals surface area contributed by atoms with Gasteiger partial charge in [0.1, 0.15) is 0 Å². The van der Waals surface area contributed by atoms with Crippen LogP contribution in [0, 0.1) is 5.92 Å². The third-order valence-electron chi connectivity index (χ3n) is 2.02. The van der Waals surface area contributed by atoms with Crippen molar-refractivity contribution >= 4 is 0 Å². The minimum absolute atomic E-state index is 0.341. The van der Waals surface area contributed by atoms with Gasteiger partial charge >= 0.3 is 0 Å². The maximum absolute atomic E-state index is 5.61. The smallest absolute Gasteiger partial charge is 0.0568 e. The molecule has 0 rings (SSSR count). The lowest BCUT2D eigenvalue weighted by atomic mass is 10.2. The van der Waals surface area contributed by atoms with Crippen molar-refractivity contribution in [3.05, 3.63) is 0 Å². The van der Waals surface area contributed by atoms with Gasteiger partial charge in [-0.05, 0) is 25.7 Å². The Labute approximate surface area is 89.0 Å². The molecular formula is C12H26O2. The standard InChI is InChI=1S/C12H26O2/c1-5-6-8-14-12(4)7-9-13-10-11(2)3/h11-12H,5-10H2,1-4H3. The lowest BCUT2D eigenvalue weighted by molar-refractivity contribution is 0.0255. The summed E-state index contributed by atoms with van der Waals surface area (Å²) in [7, 11) is 0. The summed E-state index contributed by atoms with van der Waals surface area (Å²) in [5.41, 5.74) is 0. The average Bonchev–Trinajstić information content (AvgIpc) is 2.13. The van der Waals surface area contributed by atoms with Gasteiger partial charge in [-0.15, -0.1) is 0 Å². The predicted octanol–water partition coefficient (Wildman–Crippen LogP) is 3.25. The van der Waals surface area contributed by atoms with Crippen molar-refractivity contribution in [2.75, 3.05) is 19.8 Å². The second-order valence-corrected chi connectivity index (χ2v) is 4.29. The summed E-state index contributed by atoms with van der Waals surface area (Å²) in [6, 6.07) is 0. The number of hydrogen-bond acceptors (Lipinski definition) is 2. The van der Waals surface area contributed by atoms with Crippen LogP contribution in [-0.2, 0) is 9.47 Å². The molecule has 1 atom stereocenters. The molecule has 0 aromatic rings. The van der Waals surface area contributed by atoms with Gasteiger partial charge in [0.2, 0.25) is 0 Å². The van der Waals surface area contributed by atoms with Crippen LogP contribution in [0.4, 0.5) is 0 Å². The van der Waals surface area contributed by atoms with Crippen molar-refractivity contribution in [1.29, 1.82) is 0 Å². The molecule has 0 aliphatic rings. The van der Waals surface area contributed by atoms with Gasteiger partial charge in [0.05, 0.1) is 6.10 Å². The third-order valence-corrected chi connectivity index (χ3v) is 2.02. The Bertz CT molecular complexity index is 113. The molecule has 1 unspecified atom stereocenters. The van der Waals surface area contributed by atoms with E-state index in [1.165, 1.54) is 6.42 Å². The zero-order chi connectivity index (χ0) is 10.8. The van der Waals surface area contributed by atoms with Gasteiger partial charge in [-0.2, -0.15) is 0 Å². The number of hydrogen-bond donors (Lipinski definition) is 0. The summed E-state index contributed by atoms with van der Waals surface area (Å²) >= 11 is 0. The molecule has 0 N–H and O–H groups in total. The van der Waals surface area contributed by atoms with Crippen LogP contribution in [0.5, 0.6) is 0 Å². The highest BCUT2D eigenvalue weighted by atomic mass is 16.5. The highest BCUT2D eigenvalue weighted by molar-refractivity contribution is 4.50. The molecule has 0 heterocycles. The van der Waals surface area contributed by atoms with Crippen molar-refractivity contribution < 1.29 is 9.47 Å². The summed E-state index contributed by atoms with van der Waals surface area (Å²) < 4.78 is 11.1. The maximum atomic E-state index is 5.61. The second kappa shape index (κ2) is 9.47. The molecule has 14 heavy (non-hydrogen) atoms. The van der Waals surface area contributed by atoms with Gasteiger partial charge in [-0.25, -0.2) is 0 Å². The lowest BCUT2D eigenvalue weighted by Crippen LogP contribution is -2.13. The molecule has 2 nitrogen and oxygen atoms in total. The largest absolute Gasteiger partial charge is 0.381 e. The van der Waals surface area contributed by atoms with Crippen LogP contribution in [0.15, 0.2) is 0 Å². The van der Waals surface area contributed by atoms with Crippen molar-refractivity contribution in [3.8, 4) is 0 Å². The molecule has 0 saturated heterocycles. The zero-order valence-electron chi connectivity index (χ0n) is 10.2. The van der Waals surface area contributed by atoms with Crippen LogP contribution in [0.1, 0.15) is 47.0 Å². The Balaban J connectivity index is 3.14. The summed E-state index contributed by atoms with van der Waals surface area (Å²) in [6.45, 7) is 11.2. The first-order valence-electron chi connectivity index (χ1n) is 5.86. The monoisotopic (exact) mass is 202 g/mol. The normalized spacial score (nSPS) is 13.5. The van der Waals surface area contributed by atoms with Crippen LogP contribution in [0.3, 0.4) is 0 Å². The molecule has 0 spiro atoms. The van der Waals surface area contributed by atoms with E-state index < -0.39 is 0 Å². The van der Waals surface area contributed by atoms with E-state index in [4.69, 9.17) is 9.47 Å². The van der Waals surface area contributed by atoms with Crippen LogP contribution < -0.4 is 0 Å². The quantitative estimate of drug-likeness (QED) is 0.534. The predicted molar refractivity (Wildman–Crippen MR) is 60.6 cm³/mol. The number of rotatable bonds is 9. The molecule has 0 fully saturated rings. The van der Waals surface area contributed by atoms with Gasteiger partial charge in [-0.1, -0.05) is 27.2 Å². The van der Waals surface area contributed by atoms with Gasteiger partial charge in [0, 0.05) is 19.8 Å². The van der Waals surface area contributed by atoms with Crippen molar-refractivity contribution in [2.24, 2.45) is 5.92 Å². The summed E-state index contributed by atoms with van der Waals surface area (Å²) in [5, 5.41) is 0. The van der Waals surface area contributed by atoms with Gasteiger partial charge in [-0.3, -0.25) is 0 Å². The van der Waals surface area contributed by atoms with Gasteiger partial charge in [0.15, 0.2) is 0 Å². The molecule has 0 aliphatic heterocycles. The first kappa shape index (κ1) is 13.9. The molecule has 2 heteroatoms. The molecule has 0 bridgehead atoms. The first-order valence-corrected chi connectivity index (χ1v) is 5.86. The lowest BCUT2D eigenvalue weighted by Gasteiger charge is -2.13. The van der Waals surface area contributed by atoms with E-state index in [0.29, 0.717) is 12.0 Å². The highest BCUT2D eigenvalue weighted by Crippen LogP contribution is 2.01. The fourth-order valence-electron chi connectivity index (χ4n) is 1.08. The van der Waals surface area contributed by atoms with Crippen LogP contribution in [-0.4, -0.2) is 25.9 Å². The molecule has 0 aromatic heterocycles. The Hall–Kier alpha value is -0.0800. The van der Waals surface area contributed by atoms with Crippen molar-refractivity contribution in [2.45, 2.75) is 53.1 Å². The van der Waals surface area contributed by atoms with Crippen LogP contribution in [0.2, 0.25) is 0 Å². The summed E-state index contributed by atoms with van der Waals surface area (Å²) in [5.74, 6) is 0.631. The topological polar surface area (TPSA) is 18.5 Å². The Morgan fingerprint density at radius 1 is 1.07 bits per heavy atom. The zero-order valence-corrected chi connectivity index (χ0v) is 10.2. The van der Waals surface area contributed by atoms with E-state index >= 15 is 0 Å². The molecular weight excluding hydrogens is 176 g/mol. The Morgan fingerprint density at radius 2 is 1.79 bits per heavy atom. The molecule has 0 aliphatic carbocycles. The van der Waals surface area contributed by atoms with Gasteiger partial charge < -0.3 is 9.47 Å². The average molecular weight is 202 g/mol. The molecule has 0 radical (unpaired) electrons. The summed E-state index contributed by atoms with van der Waals surface area (Å²) in [6.07, 6.45) is 3.72. The fraction of sp³-hybridized carbons (Fsp3) is 1.00. The summed E-state index contributed by atoms with van der Waals surface area (Å²) in [4.78, 5) is 0. The van der Waals surface area contributed by atoms with E-state index in [2.05, 4.69) is 27.7 Å².